The molecule has 0 atom stereocenters. The quantitative estimate of drug-likeness (QED) is 0.217. The molecular weight excluding hydrogens is 677 g/mol. The van der Waals surface area contributed by atoms with Gasteiger partial charge in [0, 0.05) is 78.9 Å². The summed E-state index contributed by atoms with van der Waals surface area (Å²) >= 11 is 14.3. The van der Waals surface area contributed by atoms with E-state index in [4.69, 9.17) is 52.1 Å². The Hall–Kier alpha value is -3.77. The van der Waals surface area contributed by atoms with E-state index in [1.54, 1.807) is 14.2 Å². The second-order valence-electron chi connectivity index (χ2n) is 13.6. The molecule has 50 heavy (non-hydrogen) atoms. The van der Waals surface area contributed by atoms with E-state index in [1.165, 1.54) is 0 Å². The second-order valence-corrected chi connectivity index (χ2v) is 14.4. The zero-order valence-corrected chi connectivity index (χ0v) is 29.6. The molecule has 4 saturated heterocycles. The Morgan fingerprint density at radius 1 is 0.740 bits per heavy atom. The lowest BCUT2D eigenvalue weighted by Gasteiger charge is -2.48. The molecule has 0 radical (unpaired) electrons. The van der Waals surface area contributed by atoms with Gasteiger partial charge < -0.3 is 24.3 Å². The van der Waals surface area contributed by atoms with Crippen LogP contribution in [0.15, 0.2) is 60.7 Å². The van der Waals surface area contributed by atoms with E-state index in [1.807, 2.05) is 54.6 Å². The Morgan fingerprint density at radius 2 is 1.28 bits per heavy atom. The SMILES string of the molecule is COc1nc(-c2cccc(-c3cccc(-c4ccc(CN5CCC6(C5)OCCO6)c(OC)n4)c3Cl)c2Cl)ccc1CN1CC2(CCC(=O)N2)C1. The van der Waals surface area contributed by atoms with Crippen molar-refractivity contribution in [2.45, 2.75) is 43.7 Å². The Labute approximate surface area is 301 Å². The van der Waals surface area contributed by atoms with Gasteiger partial charge in [0.15, 0.2) is 5.79 Å². The fourth-order valence-corrected chi connectivity index (χ4v) is 8.47. The fraction of sp³-hybridized carbons (Fsp3) is 0.395. The lowest BCUT2D eigenvalue weighted by molar-refractivity contribution is -0.145. The molecule has 1 N–H and O–H groups in total. The van der Waals surface area contributed by atoms with Crippen molar-refractivity contribution >= 4 is 29.1 Å². The zero-order chi connectivity index (χ0) is 34.5. The molecule has 4 fully saturated rings. The van der Waals surface area contributed by atoms with Gasteiger partial charge in [-0.25, -0.2) is 9.97 Å². The third-order valence-corrected chi connectivity index (χ3v) is 11.1. The van der Waals surface area contributed by atoms with Crippen molar-refractivity contribution in [3.05, 3.63) is 81.8 Å². The summed E-state index contributed by atoms with van der Waals surface area (Å²) < 4.78 is 23.3. The van der Waals surface area contributed by atoms with E-state index in [9.17, 15) is 4.79 Å². The molecule has 10 nitrogen and oxygen atoms in total. The standard InChI is InChI=1S/C38H39Cl2N5O5/c1-47-35-24(19-44-16-15-38(23-44)49-17-18-50-38)9-11-30(41-35)28-7-3-5-26(33(28)39)27-6-4-8-29(34(27)40)31-12-10-25(36(42-31)48-2)20-45-21-37(22-45)14-13-32(46)43-37/h3-12H,13-23H2,1-2H3,(H,43,46). The number of aromatic nitrogens is 2. The molecule has 2 spiro atoms. The third-order valence-electron chi connectivity index (χ3n) is 10.3. The minimum absolute atomic E-state index is 0.0752. The summed E-state index contributed by atoms with van der Waals surface area (Å²) in [6, 6.07) is 19.8. The van der Waals surface area contributed by atoms with Gasteiger partial charge in [-0.05, 0) is 18.6 Å². The largest absolute Gasteiger partial charge is 0.481 e. The van der Waals surface area contributed by atoms with Crippen LogP contribution < -0.4 is 14.8 Å². The number of nitrogens with zero attached hydrogens (tertiary/aromatic N) is 4. The average molecular weight is 717 g/mol. The lowest BCUT2D eigenvalue weighted by Crippen LogP contribution is -2.66. The van der Waals surface area contributed by atoms with Gasteiger partial charge in [0.05, 0.1) is 61.0 Å². The monoisotopic (exact) mass is 715 g/mol. The molecule has 4 aliphatic rings. The summed E-state index contributed by atoms with van der Waals surface area (Å²) in [5, 5.41) is 4.22. The number of carbonyl (C=O) groups excluding carboxylic acids is 1. The molecule has 6 heterocycles. The summed E-state index contributed by atoms with van der Waals surface area (Å²) in [6.07, 6.45) is 2.35. The van der Waals surface area contributed by atoms with Gasteiger partial charge in [0.2, 0.25) is 17.7 Å². The highest BCUT2D eigenvalue weighted by Crippen LogP contribution is 2.43. The van der Waals surface area contributed by atoms with E-state index in [0.29, 0.717) is 65.9 Å². The minimum Gasteiger partial charge on any atom is -0.481 e. The molecular formula is C38H39Cl2N5O5. The highest BCUT2D eigenvalue weighted by molar-refractivity contribution is 6.39. The minimum atomic E-state index is -0.478. The van der Waals surface area contributed by atoms with Crippen LogP contribution in [0.1, 0.15) is 30.4 Å². The molecule has 0 bridgehead atoms. The number of nitrogens with one attached hydrogen (secondary N) is 1. The first kappa shape index (κ1) is 33.4. The molecule has 8 rings (SSSR count). The first-order valence-electron chi connectivity index (χ1n) is 17.0. The summed E-state index contributed by atoms with van der Waals surface area (Å²) in [5.41, 5.74) is 6.41. The molecule has 12 heteroatoms. The van der Waals surface area contributed by atoms with E-state index in [-0.39, 0.29) is 11.4 Å². The van der Waals surface area contributed by atoms with Crippen LogP contribution >= 0.6 is 23.2 Å². The van der Waals surface area contributed by atoms with Gasteiger partial charge in [-0.1, -0.05) is 71.7 Å². The second kappa shape index (κ2) is 13.4. The first-order valence-corrected chi connectivity index (χ1v) is 17.7. The van der Waals surface area contributed by atoms with Crippen LogP contribution in [0.3, 0.4) is 0 Å². The van der Waals surface area contributed by atoms with Crippen LogP contribution in [0.4, 0.5) is 0 Å². The maximum absolute atomic E-state index is 11.8. The Balaban J connectivity index is 1.02. The number of rotatable bonds is 9. The highest BCUT2D eigenvalue weighted by atomic mass is 35.5. The lowest BCUT2D eigenvalue weighted by atomic mass is 9.88. The molecule has 260 valence electrons. The fourth-order valence-electron chi connectivity index (χ4n) is 7.82. The molecule has 4 aliphatic heterocycles. The number of hydrogen-bond acceptors (Lipinski definition) is 9. The number of benzene rings is 2. The van der Waals surface area contributed by atoms with Crippen LogP contribution in [0, 0.1) is 0 Å². The van der Waals surface area contributed by atoms with Crippen molar-refractivity contribution in [3.8, 4) is 45.4 Å². The van der Waals surface area contributed by atoms with Crippen molar-refractivity contribution in [1.82, 2.24) is 25.1 Å². The number of amides is 1. The Bertz CT molecular complexity index is 1950. The van der Waals surface area contributed by atoms with Crippen molar-refractivity contribution in [1.29, 1.82) is 0 Å². The highest BCUT2D eigenvalue weighted by Gasteiger charge is 2.47. The predicted molar refractivity (Wildman–Crippen MR) is 191 cm³/mol. The average Bonchev–Trinajstić information content (AvgIpc) is 3.85. The first-order chi connectivity index (χ1) is 24.3. The van der Waals surface area contributed by atoms with Crippen molar-refractivity contribution < 1.29 is 23.7 Å². The molecule has 0 aliphatic carbocycles. The van der Waals surface area contributed by atoms with Crippen molar-refractivity contribution in [2.75, 3.05) is 53.6 Å². The topological polar surface area (TPSA) is 98.3 Å². The zero-order valence-electron chi connectivity index (χ0n) is 28.1. The van der Waals surface area contributed by atoms with E-state index in [0.717, 1.165) is 72.4 Å². The number of halogens is 2. The number of hydrogen-bond donors (Lipinski definition) is 1. The van der Waals surface area contributed by atoms with Gasteiger partial charge in [0.1, 0.15) is 0 Å². The summed E-state index contributed by atoms with van der Waals surface area (Å²) in [6.45, 7) is 5.91. The molecule has 0 unspecified atom stereocenters. The normalized spacial score (nSPS) is 19.6. The number of carbonyl (C=O) groups is 1. The van der Waals surface area contributed by atoms with Crippen molar-refractivity contribution in [2.24, 2.45) is 0 Å². The van der Waals surface area contributed by atoms with Crippen LogP contribution in [0.25, 0.3) is 33.6 Å². The van der Waals surface area contributed by atoms with Gasteiger partial charge in [0.25, 0.3) is 0 Å². The van der Waals surface area contributed by atoms with Crippen LogP contribution in [-0.4, -0.2) is 90.6 Å². The molecule has 2 aromatic carbocycles. The van der Waals surface area contributed by atoms with E-state index < -0.39 is 5.79 Å². The molecule has 4 aromatic rings. The van der Waals surface area contributed by atoms with E-state index in [2.05, 4.69) is 21.2 Å². The smallest absolute Gasteiger partial charge is 0.220 e. The number of methoxy groups -OCH3 is 2. The Kier molecular flexibility index (Phi) is 8.95. The van der Waals surface area contributed by atoms with Gasteiger partial charge >= 0.3 is 0 Å². The summed E-state index contributed by atoms with van der Waals surface area (Å²) in [4.78, 5) is 26.1. The summed E-state index contributed by atoms with van der Waals surface area (Å²) in [5.74, 6) is 0.770. The van der Waals surface area contributed by atoms with E-state index >= 15 is 0 Å². The van der Waals surface area contributed by atoms with Crippen LogP contribution in [-0.2, 0) is 27.4 Å². The molecule has 2 aromatic heterocycles. The molecule has 0 saturated carbocycles. The van der Waals surface area contributed by atoms with Crippen LogP contribution in [0.5, 0.6) is 11.8 Å². The van der Waals surface area contributed by atoms with Crippen molar-refractivity contribution in [3.63, 3.8) is 0 Å². The number of pyridine rings is 2. The maximum atomic E-state index is 11.8. The van der Waals surface area contributed by atoms with Crippen LogP contribution in [0.2, 0.25) is 10.0 Å². The third kappa shape index (κ3) is 6.23. The van der Waals surface area contributed by atoms with Gasteiger partial charge in [-0.2, -0.15) is 0 Å². The predicted octanol–water partition coefficient (Wildman–Crippen LogP) is 6.21. The summed E-state index contributed by atoms with van der Waals surface area (Å²) in [7, 11) is 3.27. The Morgan fingerprint density at radius 3 is 1.80 bits per heavy atom. The number of ether oxygens (including phenoxy) is 4. The molecule has 1 amide bonds. The van der Waals surface area contributed by atoms with Gasteiger partial charge in [-0.15, -0.1) is 0 Å². The van der Waals surface area contributed by atoms with Gasteiger partial charge in [-0.3, -0.25) is 14.6 Å². The maximum Gasteiger partial charge on any atom is 0.220 e. The number of likely N-dealkylation sites (tertiary alicyclic amines) is 2.